The van der Waals surface area contributed by atoms with Crippen molar-refractivity contribution in [2.45, 2.75) is 57.0 Å². The molecular formula is C28H33N3O3. The summed E-state index contributed by atoms with van der Waals surface area (Å²) in [6.07, 6.45) is 8.30. The van der Waals surface area contributed by atoms with Gasteiger partial charge in [0, 0.05) is 25.2 Å². The van der Waals surface area contributed by atoms with Crippen LogP contribution in [0.3, 0.4) is 0 Å². The molecule has 2 aromatic carbocycles. The molecule has 34 heavy (non-hydrogen) atoms. The second-order valence-corrected chi connectivity index (χ2v) is 9.84. The summed E-state index contributed by atoms with van der Waals surface area (Å²) >= 11 is 0. The molecule has 0 spiro atoms. The molecule has 2 unspecified atom stereocenters. The second kappa shape index (κ2) is 9.72. The molecular weight excluding hydrogens is 426 g/mol. The van der Waals surface area contributed by atoms with E-state index in [0.29, 0.717) is 24.5 Å². The fraction of sp³-hybridized carbons (Fsp3) is 0.429. The number of aromatic nitrogens is 2. The first-order chi connectivity index (χ1) is 16.5. The van der Waals surface area contributed by atoms with Crippen LogP contribution in [0, 0.1) is 5.92 Å². The van der Waals surface area contributed by atoms with Crippen LogP contribution in [0.25, 0.3) is 11.3 Å². The average molecular weight is 460 g/mol. The predicted molar refractivity (Wildman–Crippen MR) is 131 cm³/mol. The van der Waals surface area contributed by atoms with Gasteiger partial charge in [-0.2, -0.15) is 0 Å². The van der Waals surface area contributed by atoms with Crippen LogP contribution in [0.5, 0.6) is 0 Å². The summed E-state index contributed by atoms with van der Waals surface area (Å²) in [5.74, 6) is 0.311. The summed E-state index contributed by atoms with van der Waals surface area (Å²) in [4.78, 5) is 17.9. The smallest absolute Gasteiger partial charge is 0.253 e. The topological polar surface area (TPSA) is 67.6 Å². The van der Waals surface area contributed by atoms with Gasteiger partial charge >= 0.3 is 0 Å². The van der Waals surface area contributed by atoms with Crippen LogP contribution in [-0.4, -0.2) is 51.8 Å². The van der Waals surface area contributed by atoms with E-state index in [4.69, 9.17) is 4.74 Å². The van der Waals surface area contributed by atoms with Gasteiger partial charge in [-0.1, -0.05) is 36.4 Å². The Hall–Kier alpha value is -2.96. The van der Waals surface area contributed by atoms with Crippen molar-refractivity contribution in [2.24, 2.45) is 5.92 Å². The van der Waals surface area contributed by atoms with Crippen molar-refractivity contribution in [1.82, 2.24) is 14.5 Å². The number of aliphatic hydroxyl groups is 1. The van der Waals surface area contributed by atoms with Crippen molar-refractivity contribution in [1.29, 1.82) is 0 Å². The van der Waals surface area contributed by atoms with Gasteiger partial charge in [0.2, 0.25) is 0 Å². The molecule has 1 aromatic heterocycles. The fourth-order valence-electron chi connectivity index (χ4n) is 5.45. The van der Waals surface area contributed by atoms with E-state index >= 15 is 0 Å². The number of hydrogen-bond acceptors (Lipinski definition) is 4. The number of carbonyl (C=O) groups excluding carboxylic acids is 1. The zero-order chi connectivity index (χ0) is 23.7. The molecule has 2 aliphatic rings. The van der Waals surface area contributed by atoms with Gasteiger partial charge in [-0.05, 0) is 61.3 Å². The SMILES string of the molecule is CN(C)C(=O)c1ccc(COC2CCC(C(O)CC3c4ccccc4-c4cncn43)CC2)cc1. The minimum Gasteiger partial charge on any atom is -0.393 e. The standard InChI is InChI=1S/C28H33N3O3/c1-30(2)28(33)21-9-7-19(8-10-21)17-34-22-13-11-20(12-14-22)27(32)15-25-23-5-3-4-6-24(23)26-16-29-18-31(25)26/h3-10,16,18,20,22,25,27,32H,11-15,17H2,1-2H3. The molecule has 0 bridgehead atoms. The molecule has 0 radical (unpaired) electrons. The van der Waals surface area contributed by atoms with Crippen molar-refractivity contribution < 1.29 is 14.6 Å². The fourth-order valence-corrected chi connectivity index (χ4v) is 5.45. The Balaban J connectivity index is 1.12. The van der Waals surface area contributed by atoms with Gasteiger partial charge in [-0.3, -0.25) is 4.79 Å². The summed E-state index contributed by atoms with van der Waals surface area (Å²) in [6, 6.07) is 16.3. The Kier molecular flexibility index (Phi) is 6.53. The number of carbonyl (C=O) groups is 1. The van der Waals surface area contributed by atoms with E-state index in [1.807, 2.05) is 36.8 Å². The quantitative estimate of drug-likeness (QED) is 0.557. The Labute approximate surface area is 201 Å². The maximum absolute atomic E-state index is 12.0. The summed E-state index contributed by atoms with van der Waals surface area (Å²) in [6.45, 7) is 0.552. The van der Waals surface area contributed by atoms with E-state index in [0.717, 1.165) is 36.9 Å². The molecule has 6 nitrogen and oxygen atoms in total. The number of rotatable bonds is 7. The first kappa shape index (κ1) is 22.8. The largest absolute Gasteiger partial charge is 0.393 e. The average Bonchev–Trinajstić information content (AvgIpc) is 3.45. The second-order valence-electron chi connectivity index (χ2n) is 9.84. The number of imidazole rings is 1. The van der Waals surface area contributed by atoms with Crippen LogP contribution in [0.2, 0.25) is 0 Å². The zero-order valence-corrected chi connectivity index (χ0v) is 19.9. The van der Waals surface area contributed by atoms with E-state index in [1.54, 1.807) is 19.0 Å². The molecule has 6 heteroatoms. The highest BCUT2D eigenvalue weighted by Crippen LogP contribution is 2.42. The Morgan fingerprint density at radius 3 is 2.59 bits per heavy atom. The van der Waals surface area contributed by atoms with E-state index < -0.39 is 0 Å². The third kappa shape index (κ3) is 4.52. The number of hydrogen-bond donors (Lipinski definition) is 1. The van der Waals surface area contributed by atoms with Gasteiger partial charge in [0.05, 0.1) is 43.1 Å². The van der Waals surface area contributed by atoms with E-state index in [9.17, 15) is 9.90 Å². The van der Waals surface area contributed by atoms with E-state index in [2.05, 4.69) is 33.8 Å². The molecule has 178 valence electrons. The molecule has 1 N–H and O–H groups in total. The molecule has 0 saturated heterocycles. The minimum absolute atomic E-state index is 0.00898. The Morgan fingerprint density at radius 2 is 1.85 bits per heavy atom. The molecule has 1 amide bonds. The van der Waals surface area contributed by atoms with Crippen molar-refractivity contribution in [3.8, 4) is 11.3 Å². The maximum Gasteiger partial charge on any atom is 0.253 e. The molecule has 3 aromatic rings. The van der Waals surface area contributed by atoms with Crippen LogP contribution in [0.4, 0.5) is 0 Å². The number of benzene rings is 2. The van der Waals surface area contributed by atoms with Crippen molar-refractivity contribution in [2.75, 3.05) is 14.1 Å². The number of fused-ring (bicyclic) bond motifs is 3. The first-order valence-electron chi connectivity index (χ1n) is 12.2. The van der Waals surface area contributed by atoms with Crippen LogP contribution in [-0.2, 0) is 11.3 Å². The number of ether oxygens (including phenoxy) is 1. The monoisotopic (exact) mass is 459 g/mol. The lowest BCUT2D eigenvalue weighted by atomic mass is 9.81. The van der Waals surface area contributed by atoms with Gasteiger partial charge in [0.15, 0.2) is 0 Å². The summed E-state index contributed by atoms with van der Waals surface area (Å²) in [5.41, 5.74) is 5.43. The summed E-state index contributed by atoms with van der Waals surface area (Å²) < 4.78 is 8.38. The maximum atomic E-state index is 12.0. The van der Waals surface area contributed by atoms with Crippen LogP contribution in [0.1, 0.15) is 59.6 Å². The van der Waals surface area contributed by atoms with E-state index in [1.165, 1.54) is 11.1 Å². The van der Waals surface area contributed by atoms with Gasteiger partial charge in [-0.25, -0.2) is 4.98 Å². The van der Waals surface area contributed by atoms with Crippen LogP contribution < -0.4 is 0 Å². The Bertz CT molecular complexity index is 1130. The molecule has 1 fully saturated rings. The summed E-state index contributed by atoms with van der Waals surface area (Å²) in [5, 5.41) is 11.1. The van der Waals surface area contributed by atoms with E-state index in [-0.39, 0.29) is 24.2 Å². The number of amides is 1. The molecule has 2 atom stereocenters. The lowest BCUT2D eigenvalue weighted by molar-refractivity contribution is -0.0160. The first-order valence-corrected chi connectivity index (χ1v) is 12.2. The van der Waals surface area contributed by atoms with Crippen molar-refractivity contribution in [3.63, 3.8) is 0 Å². The Morgan fingerprint density at radius 1 is 1.12 bits per heavy atom. The number of aliphatic hydroxyl groups excluding tert-OH is 1. The molecule has 2 heterocycles. The number of nitrogens with zero attached hydrogens (tertiary/aromatic N) is 3. The lowest BCUT2D eigenvalue weighted by Gasteiger charge is -2.32. The lowest BCUT2D eigenvalue weighted by Crippen LogP contribution is -2.30. The predicted octanol–water partition coefficient (Wildman–Crippen LogP) is 4.68. The van der Waals surface area contributed by atoms with Gasteiger partial charge < -0.3 is 19.3 Å². The highest BCUT2D eigenvalue weighted by Gasteiger charge is 2.33. The third-order valence-electron chi connectivity index (χ3n) is 7.42. The van der Waals surface area contributed by atoms with Crippen molar-refractivity contribution >= 4 is 5.91 Å². The van der Waals surface area contributed by atoms with Crippen LogP contribution in [0.15, 0.2) is 61.1 Å². The minimum atomic E-state index is -0.339. The van der Waals surface area contributed by atoms with Crippen molar-refractivity contribution in [3.05, 3.63) is 77.7 Å². The third-order valence-corrected chi connectivity index (χ3v) is 7.42. The normalized spacial score (nSPS) is 22.1. The van der Waals surface area contributed by atoms with Crippen LogP contribution >= 0.6 is 0 Å². The molecule has 1 aliphatic carbocycles. The molecule has 1 saturated carbocycles. The highest BCUT2D eigenvalue weighted by molar-refractivity contribution is 5.93. The van der Waals surface area contributed by atoms with Gasteiger partial charge in [0.25, 0.3) is 5.91 Å². The van der Waals surface area contributed by atoms with Gasteiger partial charge in [0.1, 0.15) is 0 Å². The summed E-state index contributed by atoms with van der Waals surface area (Å²) in [7, 11) is 3.52. The molecule has 1 aliphatic heterocycles. The van der Waals surface area contributed by atoms with Gasteiger partial charge in [-0.15, -0.1) is 0 Å². The highest BCUT2D eigenvalue weighted by atomic mass is 16.5. The zero-order valence-electron chi connectivity index (χ0n) is 19.9. The molecule has 5 rings (SSSR count).